The van der Waals surface area contributed by atoms with Crippen molar-refractivity contribution in [3.05, 3.63) is 59.7 Å². The summed E-state index contributed by atoms with van der Waals surface area (Å²) < 4.78 is 33.2. The van der Waals surface area contributed by atoms with E-state index in [2.05, 4.69) is 12.2 Å². The molecule has 0 bridgehead atoms. The molecule has 2 aromatic rings. The molecule has 2 N–H and O–H groups in total. The molecule has 0 aliphatic rings. The molecule has 0 saturated carbocycles. The molecule has 0 spiro atoms. The zero-order valence-electron chi connectivity index (χ0n) is 21.5. The Hall–Kier alpha value is -3.16. The van der Waals surface area contributed by atoms with Gasteiger partial charge in [-0.2, -0.15) is 0 Å². The number of unbranched alkanes of at least 4 members (excludes halogenated alkanes) is 4. The van der Waals surface area contributed by atoms with Gasteiger partial charge in [0.2, 0.25) is 5.60 Å². The number of nitrogens with one attached hydrogen (secondary N) is 1. The van der Waals surface area contributed by atoms with E-state index >= 15 is 0 Å². The number of carboxylic acid groups (broad SMARTS) is 1. The van der Waals surface area contributed by atoms with Gasteiger partial charge in [-0.15, -0.1) is 0 Å². The van der Waals surface area contributed by atoms with Crippen LogP contribution in [0.2, 0.25) is 0 Å². The number of halogens is 2. The number of amides is 2. The van der Waals surface area contributed by atoms with E-state index in [1.165, 1.54) is 6.07 Å². The van der Waals surface area contributed by atoms with Gasteiger partial charge < -0.3 is 20.1 Å². The van der Waals surface area contributed by atoms with Gasteiger partial charge in [-0.05, 0) is 55.5 Å². The standard InChI is InChI=1S/C28H38F2N2O4/c1-4-7-8-9-10-17-32(27(35)31-25-15-14-22(29)20-24(25)30)18-16-21-12-11-13-23(19-21)36-28(5-2,6-3)26(33)34/h11-15,19-20H,4-10,16-18H2,1-3H3,(H,31,35)(H,33,34). The van der Waals surface area contributed by atoms with Crippen molar-refractivity contribution in [2.45, 2.75) is 77.7 Å². The minimum Gasteiger partial charge on any atom is -0.478 e. The first-order valence-corrected chi connectivity index (χ1v) is 12.8. The summed E-state index contributed by atoms with van der Waals surface area (Å²) in [4.78, 5) is 26.4. The second-order valence-corrected chi connectivity index (χ2v) is 8.96. The van der Waals surface area contributed by atoms with E-state index in [9.17, 15) is 23.5 Å². The molecule has 0 fully saturated rings. The molecule has 36 heavy (non-hydrogen) atoms. The number of hydrogen-bond acceptors (Lipinski definition) is 3. The van der Waals surface area contributed by atoms with Crippen molar-refractivity contribution in [2.75, 3.05) is 18.4 Å². The van der Waals surface area contributed by atoms with E-state index in [1.807, 2.05) is 6.07 Å². The Balaban J connectivity index is 2.10. The van der Waals surface area contributed by atoms with Crippen LogP contribution in [0.3, 0.4) is 0 Å². The molecule has 0 radical (unpaired) electrons. The molecule has 0 aliphatic carbocycles. The molecule has 6 nitrogen and oxygen atoms in total. The third-order valence-electron chi connectivity index (χ3n) is 6.41. The Kier molecular flexibility index (Phi) is 11.6. The number of aliphatic carboxylic acids is 1. The fraction of sp³-hybridized carbons (Fsp3) is 0.500. The van der Waals surface area contributed by atoms with Gasteiger partial charge in [0.15, 0.2) is 0 Å². The summed E-state index contributed by atoms with van der Waals surface area (Å²) in [5.74, 6) is -2.08. The molecule has 2 rings (SSSR count). The first-order valence-electron chi connectivity index (χ1n) is 12.8. The van der Waals surface area contributed by atoms with E-state index in [1.54, 1.807) is 36.9 Å². The maximum absolute atomic E-state index is 14.1. The van der Waals surface area contributed by atoms with Crippen LogP contribution < -0.4 is 10.1 Å². The van der Waals surface area contributed by atoms with Crippen LogP contribution in [0.15, 0.2) is 42.5 Å². The van der Waals surface area contributed by atoms with Crippen LogP contribution >= 0.6 is 0 Å². The number of benzene rings is 2. The second kappa shape index (κ2) is 14.4. The van der Waals surface area contributed by atoms with Crippen LogP contribution in [0.4, 0.5) is 19.3 Å². The molecule has 2 amide bonds. The van der Waals surface area contributed by atoms with Crippen LogP contribution in [-0.4, -0.2) is 40.7 Å². The quantitative estimate of drug-likeness (QED) is 0.255. The highest BCUT2D eigenvalue weighted by Crippen LogP contribution is 2.26. The SMILES string of the molecule is CCCCCCCN(CCc1cccc(OC(CC)(CC)C(=O)O)c1)C(=O)Nc1ccc(F)cc1F. The van der Waals surface area contributed by atoms with Gasteiger partial charge in [0.1, 0.15) is 17.4 Å². The number of carbonyl (C=O) groups excluding carboxylic acids is 1. The summed E-state index contributed by atoms with van der Waals surface area (Å²) in [6.07, 6.45) is 6.29. The maximum Gasteiger partial charge on any atom is 0.348 e. The van der Waals surface area contributed by atoms with E-state index in [-0.39, 0.29) is 5.69 Å². The van der Waals surface area contributed by atoms with Gasteiger partial charge in [-0.3, -0.25) is 0 Å². The highest BCUT2D eigenvalue weighted by Gasteiger charge is 2.37. The Morgan fingerprint density at radius 1 is 0.972 bits per heavy atom. The van der Waals surface area contributed by atoms with Crippen LogP contribution in [0, 0.1) is 11.6 Å². The normalized spacial score (nSPS) is 11.2. The third kappa shape index (κ3) is 8.50. The molecule has 0 saturated heterocycles. The van der Waals surface area contributed by atoms with Gasteiger partial charge in [-0.25, -0.2) is 18.4 Å². The minimum atomic E-state index is -1.29. The number of urea groups is 1. The average molecular weight is 505 g/mol. The Morgan fingerprint density at radius 3 is 2.33 bits per heavy atom. The predicted octanol–water partition coefficient (Wildman–Crippen LogP) is 7.03. The van der Waals surface area contributed by atoms with E-state index in [0.29, 0.717) is 38.1 Å². The van der Waals surface area contributed by atoms with Crippen molar-refractivity contribution >= 4 is 17.7 Å². The van der Waals surface area contributed by atoms with Crippen molar-refractivity contribution in [3.8, 4) is 5.75 Å². The zero-order chi connectivity index (χ0) is 26.6. The summed E-state index contributed by atoms with van der Waals surface area (Å²) in [5.41, 5.74) is -0.477. The van der Waals surface area contributed by atoms with Gasteiger partial charge in [0, 0.05) is 19.2 Å². The molecule has 0 unspecified atom stereocenters. The Morgan fingerprint density at radius 2 is 1.69 bits per heavy atom. The summed E-state index contributed by atoms with van der Waals surface area (Å²) in [6.45, 7) is 6.57. The molecule has 0 aromatic heterocycles. The average Bonchev–Trinajstić information content (AvgIpc) is 2.86. The molecule has 198 valence electrons. The molecule has 0 aliphatic heterocycles. The van der Waals surface area contributed by atoms with Gasteiger partial charge in [0.25, 0.3) is 0 Å². The predicted molar refractivity (Wildman–Crippen MR) is 137 cm³/mol. The summed E-state index contributed by atoms with van der Waals surface area (Å²) in [5, 5.41) is 12.2. The van der Waals surface area contributed by atoms with Crippen molar-refractivity contribution in [2.24, 2.45) is 0 Å². The smallest absolute Gasteiger partial charge is 0.348 e. The lowest BCUT2D eigenvalue weighted by Gasteiger charge is -2.28. The fourth-order valence-corrected chi connectivity index (χ4v) is 4.00. The van der Waals surface area contributed by atoms with E-state index in [0.717, 1.165) is 49.8 Å². The summed E-state index contributed by atoms with van der Waals surface area (Å²) in [6, 6.07) is 9.80. The maximum atomic E-state index is 14.1. The lowest BCUT2D eigenvalue weighted by Crippen LogP contribution is -2.43. The highest BCUT2D eigenvalue weighted by molar-refractivity contribution is 5.89. The summed E-state index contributed by atoms with van der Waals surface area (Å²) >= 11 is 0. The van der Waals surface area contributed by atoms with E-state index in [4.69, 9.17) is 4.74 Å². The molecular formula is C28H38F2N2O4. The molecule has 0 heterocycles. The monoisotopic (exact) mass is 504 g/mol. The Bertz CT molecular complexity index is 995. The first kappa shape index (κ1) is 29.1. The fourth-order valence-electron chi connectivity index (χ4n) is 4.00. The number of ether oxygens (including phenoxy) is 1. The Labute approximate surface area is 212 Å². The van der Waals surface area contributed by atoms with Crippen LogP contribution in [0.5, 0.6) is 5.75 Å². The van der Waals surface area contributed by atoms with Gasteiger partial charge >= 0.3 is 12.0 Å². The van der Waals surface area contributed by atoms with Crippen LogP contribution in [0.25, 0.3) is 0 Å². The summed E-state index contributed by atoms with van der Waals surface area (Å²) in [7, 11) is 0. The largest absolute Gasteiger partial charge is 0.478 e. The van der Waals surface area contributed by atoms with Gasteiger partial charge in [0.05, 0.1) is 5.69 Å². The molecule has 0 atom stereocenters. The number of hydrogen-bond donors (Lipinski definition) is 2. The molecule has 8 heteroatoms. The first-order chi connectivity index (χ1) is 17.2. The molecular weight excluding hydrogens is 466 g/mol. The third-order valence-corrected chi connectivity index (χ3v) is 6.41. The van der Waals surface area contributed by atoms with Crippen LogP contribution in [0.1, 0.15) is 71.3 Å². The number of nitrogens with zero attached hydrogens (tertiary/aromatic N) is 1. The van der Waals surface area contributed by atoms with Crippen molar-refractivity contribution in [1.82, 2.24) is 4.90 Å². The second-order valence-electron chi connectivity index (χ2n) is 8.96. The number of rotatable bonds is 15. The zero-order valence-corrected chi connectivity index (χ0v) is 21.5. The molecule has 2 aromatic carbocycles. The van der Waals surface area contributed by atoms with Crippen molar-refractivity contribution < 1.29 is 28.2 Å². The highest BCUT2D eigenvalue weighted by atomic mass is 19.1. The van der Waals surface area contributed by atoms with Crippen molar-refractivity contribution in [1.29, 1.82) is 0 Å². The van der Waals surface area contributed by atoms with Gasteiger partial charge in [-0.1, -0.05) is 58.6 Å². The van der Waals surface area contributed by atoms with Crippen LogP contribution in [-0.2, 0) is 11.2 Å². The number of carbonyl (C=O) groups is 2. The number of anilines is 1. The van der Waals surface area contributed by atoms with E-state index < -0.39 is 29.2 Å². The van der Waals surface area contributed by atoms with Crippen molar-refractivity contribution in [3.63, 3.8) is 0 Å². The topological polar surface area (TPSA) is 78.9 Å². The lowest BCUT2D eigenvalue weighted by atomic mass is 9.97. The minimum absolute atomic E-state index is 0.0723. The lowest BCUT2D eigenvalue weighted by molar-refractivity contribution is -0.156. The number of carboxylic acids is 1.